The average Bonchev–Trinajstić information content (AvgIpc) is 1.01. The van der Waals surface area contributed by atoms with Gasteiger partial charge < -0.3 is 61.8 Å². The zero-order chi connectivity index (χ0) is 68.2. The van der Waals surface area contributed by atoms with Crippen LogP contribution in [-0.2, 0) is 47.9 Å². The third-order valence-corrected chi connectivity index (χ3v) is 15.9. The van der Waals surface area contributed by atoms with Crippen LogP contribution in [0, 0.1) is 38.8 Å². The zero-order valence-electron chi connectivity index (χ0n) is 53.9. The van der Waals surface area contributed by atoms with E-state index in [2.05, 4.69) is 76.6 Å². The fourth-order valence-electron chi connectivity index (χ4n) is 10.7. The molecule has 8 heterocycles. The monoisotopic (exact) mass is 1460 g/mol. The van der Waals surface area contributed by atoms with Crippen molar-refractivity contribution >= 4 is 106 Å². The van der Waals surface area contributed by atoms with E-state index in [9.17, 15) is 38.6 Å². The number of nitrogens with one attached hydrogen (secondary N) is 2. The number of benzene rings is 4. The van der Waals surface area contributed by atoms with Crippen LogP contribution in [0.4, 0.5) is 37.6 Å². The van der Waals surface area contributed by atoms with E-state index in [4.69, 9.17) is 0 Å². The van der Waals surface area contributed by atoms with Gasteiger partial charge in [-0.2, -0.15) is 10.2 Å². The van der Waals surface area contributed by atoms with Crippen LogP contribution in [0.2, 0.25) is 0 Å². The summed E-state index contributed by atoms with van der Waals surface area (Å²) in [5.74, 6) is 1.04. The molecule has 1 aliphatic heterocycles. The molecular formula is C69H71Br2F2N19O6. The average molecular weight is 1460 g/mol. The summed E-state index contributed by atoms with van der Waals surface area (Å²) in [6.45, 7) is 6.12. The lowest BCUT2D eigenvalue weighted by Crippen LogP contribution is -3.00. The quantitative estimate of drug-likeness (QED) is 0.0198. The molecule has 0 atom stereocenters. The van der Waals surface area contributed by atoms with Crippen LogP contribution in [0.3, 0.4) is 0 Å². The second-order valence-corrected chi connectivity index (χ2v) is 24.3. The minimum atomic E-state index is -0.469. The van der Waals surface area contributed by atoms with E-state index < -0.39 is 9.85 Å². The van der Waals surface area contributed by atoms with Crippen LogP contribution >= 0.6 is 15.9 Å². The molecule has 0 fully saturated rings. The predicted molar refractivity (Wildman–Crippen MR) is 374 cm³/mol. The highest BCUT2D eigenvalue weighted by molar-refractivity contribution is 9.08. The van der Waals surface area contributed by atoms with Gasteiger partial charge in [-0.25, -0.2) is 28.7 Å². The number of nitrogens with zero attached hydrogens (tertiary/aromatic N) is 17. The molecule has 0 saturated heterocycles. The summed E-state index contributed by atoms with van der Waals surface area (Å²) in [7, 11) is 9.58. The third kappa shape index (κ3) is 18.9. The summed E-state index contributed by atoms with van der Waals surface area (Å²) in [4.78, 5) is 82.4. The second kappa shape index (κ2) is 32.9. The lowest BCUT2D eigenvalue weighted by atomic mass is 10.1. The minimum Gasteiger partial charge on any atom is -1.00 e. The number of hydrogen-bond acceptors (Lipinski definition) is 19. The molecule has 98 heavy (non-hydrogen) atoms. The van der Waals surface area contributed by atoms with E-state index in [1.165, 1.54) is 43.0 Å². The largest absolute Gasteiger partial charge is 1.00 e. The molecule has 12 rings (SSSR count). The van der Waals surface area contributed by atoms with Gasteiger partial charge in [0, 0.05) is 71.2 Å². The summed E-state index contributed by atoms with van der Waals surface area (Å²) in [6, 6.07) is 28.4. The standard InChI is InChI=1S/C34H33FN9O3.C28H26FN7O.C6H8BrN3O2.CH4.BrH/c1-22-12-25(34(40-22)43(46)47)20-44(2,3)11-5-8-29(45)15-28-16-30-31(18-36-28)37-21-38-33(30)41-27-9-10-32-24(14-27)17-39-42(32)19-23-6-4-7-26(35)13-23;1-35(2)10-4-7-24(37)13-23-14-25-26(16-30-23)31-18-32-28(25)34-22-8-9-27-20(12-22)15-33-36(27)17-19-5-3-6-21(29)11-19;1-4-8-6(10(11)12)5(3-7)9(4)2;;/h4-10,13-14,16-18,21H,11-12,15,19-20H2,1-3H3,(H,37,38,41);3-9,11-12,14-16,18H,10,13,17H2,1-2H3,(H,31,32,34);3H2,1-2H3;1H4;1H/q+1;;;;/p-1/b8-5+;7-4+;;;. The molecule has 29 heteroatoms. The number of anilines is 4. The Morgan fingerprint density at radius 1 is 0.694 bits per heavy atom. The zero-order valence-corrected chi connectivity index (χ0v) is 57.1. The molecule has 2 N–H and O–H groups in total. The number of ketones is 2. The summed E-state index contributed by atoms with van der Waals surface area (Å²) in [5, 5.41) is 41.3. The number of rotatable bonds is 23. The van der Waals surface area contributed by atoms with Crippen LogP contribution in [-0.4, -0.2) is 143 Å². The lowest BCUT2D eigenvalue weighted by Gasteiger charge is -2.28. The number of aryl methyl sites for hydroxylation is 1. The first-order valence-electron chi connectivity index (χ1n) is 30.2. The third-order valence-electron chi connectivity index (χ3n) is 15.4. The molecule has 0 spiro atoms. The molecule has 0 unspecified atom stereocenters. The Hall–Kier alpha value is -10.6. The van der Waals surface area contributed by atoms with Crippen molar-refractivity contribution in [2.75, 3.05) is 58.5 Å². The van der Waals surface area contributed by atoms with Gasteiger partial charge in [0.05, 0.1) is 104 Å². The number of quaternary nitrogens is 1. The number of carbonyl (C=O) groups is 2. The van der Waals surface area contributed by atoms with Gasteiger partial charge in [-0.1, -0.05) is 53.7 Å². The van der Waals surface area contributed by atoms with Crippen molar-refractivity contribution in [2.24, 2.45) is 12.0 Å². The first-order valence-corrected chi connectivity index (χ1v) is 31.3. The highest BCUT2D eigenvalue weighted by Gasteiger charge is 2.31. The number of aliphatic imine (C=N–C) groups is 1. The highest BCUT2D eigenvalue weighted by Crippen LogP contribution is 2.30. The van der Waals surface area contributed by atoms with E-state index >= 15 is 0 Å². The molecule has 0 amide bonds. The van der Waals surface area contributed by atoms with Crippen molar-refractivity contribution in [2.45, 2.75) is 59.0 Å². The molecular weight excluding hydrogens is 1390 g/mol. The Balaban J connectivity index is 0.000000214. The van der Waals surface area contributed by atoms with Crippen LogP contribution in [0.15, 0.2) is 175 Å². The Morgan fingerprint density at radius 3 is 1.66 bits per heavy atom. The minimum absolute atomic E-state index is 0. The number of pyridine rings is 2. The van der Waals surface area contributed by atoms with E-state index in [1.54, 1.807) is 74.5 Å². The number of nitro groups is 2. The lowest BCUT2D eigenvalue weighted by molar-refractivity contribution is -0.880. The number of carbonyl (C=O) groups excluding carboxylic acids is 2. The van der Waals surface area contributed by atoms with Gasteiger partial charge in [0.15, 0.2) is 11.6 Å². The summed E-state index contributed by atoms with van der Waals surface area (Å²) < 4.78 is 33.0. The maximum Gasteiger partial charge on any atom is 0.385 e. The first-order chi connectivity index (χ1) is 46.0. The second-order valence-electron chi connectivity index (χ2n) is 23.7. The summed E-state index contributed by atoms with van der Waals surface area (Å²) in [6.07, 6.45) is 17.3. The van der Waals surface area contributed by atoms with E-state index in [1.807, 2.05) is 109 Å². The molecule has 25 nitrogen and oxygen atoms in total. The fourth-order valence-corrected chi connectivity index (χ4v) is 11.3. The number of aromatic nitrogens is 12. The number of alkyl halides is 1. The molecule has 4 aromatic carbocycles. The number of allylic oxidation sites excluding steroid dienone is 2. The summed E-state index contributed by atoms with van der Waals surface area (Å²) in [5.41, 5.74) is 9.70. The fraction of sp³-hybridized carbons (Fsp3) is 0.246. The molecule has 1 aliphatic rings. The van der Waals surface area contributed by atoms with Crippen LogP contribution in [0.25, 0.3) is 43.6 Å². The van der Waals surface area contributed by atoms with Gasteiger partial charge in [-0.05, 0) is 143 Å². The highest BCUT2D eigenvalue weighted by atomic mass is 79.9. The van der Waals surface area contributed by atoms with E-state index in [-0.39, 0.29) is 72.1 Å². The molecule has 7 aromatic heterocycles. The van der Waals surface area contributed by atoms with Crippen molar-refractivity contribution in [3.8, 4) is 0 Å². The molecule has 0 saturated carbocycles. The van der Waals surface area contributed by atoms with Crippen molar-refractivity contribution < 1.29 is 49.7 Å². The number of hydrogen-bond donors (Lipinski definition) is 2. The maximum atomic E-state index is 13.7. The van der Waals surface area contributed by atoms with Crippen LogP contribution in [0.1, 0.15) is 54.8 Å². The topological polar surface area (TPSA) is 291 Å². The van der Waals surface area contributed by atoms with Crippen molar-refractivity contribution in [3.05, 3.63) is 236 Å². The van der Waals surface area contributed by atoms with Crippen molar-refractivity contribution in [3.63, 3.8) is 0 Å². The Labute approximate surface area is 581 Å². The normalized spacial score (nSPS) is 12.2. The van der Waals surface area contributed by atoms with Crippen molar-refractivity contribution in [1.82, 2.24) is 63.9 Å². The molecule has 0 radical (unpaired) electrons. The SMILES string of the molecule is C.CC1=NC([N+](=O)[O-])=C(C[N+](C)(C)C/C=C/C(=O)Cc2cc3c(Nc4ccc5c(cnn5Cc5cccc(F)c5)c4)ncnc3cn2)C1.CN(C)C/C=C/C(=O)Cc1cc2c(Nc3ccc4c(cnn4Cc4cccc(F)c4)c3)ncnc2cn1.Cc1nc([N+](=O)[O-])c(CBr)n1C.[Br-]. The molecule has 506 valence electrons. The predicted octanol–water partition coefficient (Wildman–Crippen LogP) is 9.11. The van der Waals surface area contributed by atoms with Gasteiger partial charge in [0.1, 0.15) is 53.9 Å². The van der Waals surface area contributed by atoms with Gasteiger partial charge in [0.25, 0.3) is 0 Å². The van der Waals surface area contributed by atoms with Crippen LogP contribution < -0.4 is 27.6 Å². The molecule has 0 aliphatic carbocycles. The maximum absolute atomic E-state index is 13.7. The van der Waals surface area contributed by atoms with Gasteiger partial charge in [-0.15, -0.1) is 0 Å². The first kappa shape index (κ1) is 73.2. The number of fused-ring (bicyclic) bond motifs is 4. The summed E-state index contributed by atoms with van der Waals surface area (Å²) >= 11 is 3.18. The van der Waals surface area contributed by atoms with Gasteiger partial charge in [0.2, 0.25) is 5.82 Å². The molecule has 0 bridgehead atoms. The Kier molecular flexibility index (Phi) is 24.6. The van der Waals surface area contributed by atoms with E-state index in [0.717, 1.165) is 60.8 Å². The number of imidazole rings is 1. The molecule has 11 aromatic rings. The number of likely N-dealkylation sites (N-methyl/N-ethyl adjacent to an activating group) is 2. The van der Waals surface area contributed by atoms with Crippen LogP contribution in [0.5, 0.6) is 0 Å². The van der Waals surface area contributed by atoms with E-state index in [0.29, 0.717) is 100 Å². The smallest absolute Gasteiger partial charge is 0.385 e. The number of halogens is 4. The van der Waals surface area contributed by atoms with Gasteiger partial charge >= 0.3 is 11.6 Å². The Bertz CT molecular complexity index is 4890. The Morgan fingerprint density at radius 2 is 1.20 bits per heavy atom. The van der Waals surface area contributed by atoms with Crippen molar-refractivity contribution in [1.29, 1.82) is 0 Å². The van der Waals surface area contributed by atoms with Gasteiger partial charge in [-0.3, -0.25) is 28.9 Å².